The van der Waals surface area contributed by atoms with Crippen LogP contribution >= 0.6 is 0 Å². The molecule has 0 radical (unpaired) electrons. The van der Waals surface area contributed by atoms with E-state index in [1.807, 2.05) is 18.3 Å². The van der Waals surface area contributed by atoms with E-state index in [0.717, 1.165) is 37.8 Å². The second-order valence-corrected chi connectivity index (χ2v) is 10.3. The molecule has 2 heterocycles. The van der Waals surface area contributed by atoms with Gasteiger partial charge in [-0.05, 0) is 73.4 Å². The number of aryl methyl sites for hydroxylation is 2. The Balaban J connectivity index is 1.38. The second-order valence-electron chi connectivity index (χ2n) is 10.3. The maximum atomic E-state index is 14.0. The molecule has 2 aromatic carbocycles. The zero-order chi connectivity index (χ0) is 24.4. The van der Waals surface area contributed by atoms with E-state index in [1.165, 1.54) is 22.3 Å². The van der Waals surface area contributed by atoms with Crippen LogP contribution in [0.3, 0.4) is 0 Å². The van der Waals surface area contributed by atoms with Crippen molar-refractivity contribution in [1.82, 2.24) is 14.8 Å². The fourth-order valence-electron chi connectivity index (χ4n) is 5.47. The van der Waals surface area contributed by atoms with E-state index in [1.54, 1.807) is 17.7 Å². The van der Waals surface area contributed by atoms with E-state index in [9.17, 15) is 9.59 Å². The molecule has 1 aromatic heterocycles. The molecule has 2 fully saturated rings. The van der Waals surface area contributed by atoms with Crippen molar-refractivity contribution in [3.05, 3.63) is 105 Å². The molecule has 1 aliphatic heterocycles. The number of benzene rings is 2. The molecule has 2 atom stereocenters. The number of pyridine rings is 1. The SMILES string of the molecule is Cc1cc(Cc2ccccc2)cc(CN(C(=O)[C@H]2CNCCC2c2ccn(C)c(=O)c2)C2CC2)c1. The van der Waals surface area contributed by atoms with E-state index in [0.29, 0.717) is 19.1 Å². The van der Waals surface area contributed by atoms with E-state index < -0.39 is 0 Å². The molecule has 5 nitrogen and oxygen atoms in total. The molecule has 1 saturated carbocycles. The number of piperidine rings is 1. The number of carbonyl (C=O) groups excluding carboxylic acids is 1. The zero-order valence-corrected chi connectivity index (χ0v) is 20.7. The average Bonchev–Trinajstić information content (AvgIpc) is 3.70. The Morgan fingerprint density at radius 3 is 2.51 bits per heavy atom. The fraction of sp³-hybridized carbons (Fsp3) is 0.400. The van der Waals surface area contributed by atoms with Crippen LogP contribution in [0.5, 0.6) is 0 Å². The minimum absolute atomic E-state index is 0.0167. The van der Waals surface area contributed by atoms with Crippen molar-refractivity contribution in [2.75, 3.05) is 13.1 Å². The molecule has 35 heavy (non-hydrogen) atoms. The molecule has 182 valence electrons. The van der Waals surface area contributed by atoms with Gasteiger partial charge in [-0.1, -0.05) is 54.1 Å². The fourth-order valence-corrected chi connectivity index (χ4v) is 5.47. The van der Waals surface area contributed by atoms with Gasteiger partial charge in [0.2, 0.25) is 5.91 Å². The van der Waals surface area contributed by atoms with E-state index in [4.69, 9.17) is 0 Å². The number of amides is 1. The molecule has 1 unspecified atom stereocenters. The van der Waals surface area contributed by atoms with Gasteiger partial charge in [0.15, 0.2) is 0 Å². The first-order valence-electron chi connectivity index (χ1n) is 12.8. The van der Waals surface area contributed by atoms with Crippen molar-refractivity contribution in [3.8, 4) is 0 Å². The number of nitrogens with zero attached hydrogens (tertiary/aromatic N) is 2. The number of hydrogen-bond acceptors (Lipinski definition) is 3. The van der Waals surface area contributed by atoms with Crippen molar-refractivity contribution in [1.29, 1.82) is 0 Å². The first-order chi connectivity index (χ1) is 17.0. The summed E-state index contributed by atoms with van der Waals surface area (Å²) in [6.45, 7) is 4.31. The summed E-state index contributed by atoms with van der Waals surface area (Å²) < 4.78 is 1.59. The van der Waals surface area contributed by atoms with Gasteiger partial charge in [-0.25, -0.2) is 0 Å². The van der Waals surface area contributed by atoms with Crippen LogP contribution in [-0.2, 0) is 24.8 Å². The molecule has 5 rings (SSSR count). The number of hydrogen-bond donors (Lipinski definition) is 1. The summed E-state index contributed by atoms with van der Waals surface area (Å²) in [7, 11) is 1.76. The molecule has 5 heteroatoms. The van der Waals surface area contributed by atoms with Crippen LogP contribution in [0.2, 0.25) is 0 Å². The molecule has 2 aliphatic rings. The van der Waals surface area contributed by atoms with Gasteiger partial charge in [0.1, 0.15) is 0 Å². The van der Waals surface area contributed by atoms with Crippen LogP contribution in [0.1, 0.15) is 53.0 Å². The highest BCUT2D eigenvalue weighted by molar-refractivity contribution is 5.81. The average molecular weight is 470 g/mol. The summed E-state index contributed by atoms with van der Waals surface area (Å²) in [5, 5.41) is 3.43. The Morgan fingerprint density at radius 2 is 1.77 bits per heavy atom. The largest absolute Gasteiger partial charge is 0.335 e. The zero-order valence-electron chi connectivity index (χ0n) is 20.7. The summed E-state index contributed by atoms with van der Waals surface area (Å²) >= 11 is 0. The van der Waals surface area contributed by atoms with Gasteiger partial charge in [-0.2, -0.15) is 0 Å². The van der Waals surface area contributed by atoms with Crippen LogP contribution < -0.4 is 10.9 Å². The highest BCUT2D eigenvalue weighted by atomic mass is 16.2. The van der Waals surface area contributed by atoms with Crippen molar-refractivity contribution in [2.45, 2.75) is 51.1 Å². The van der Waals surface area contributed by atoms with Gasteiger partial charge in [-0.3, -0.25) is 9.59 Å². The van der Waals surface area contributed by atoms with Gasteiger partial charge < -0.3 is 14.8 Å². The van der Waals surface area contributed by atoms with Crippen molar-refractivity contribution < 1.29 is 4.79 Å². The third-order valence-electron chi connectivity index (χ3n) is 7.43. The third kappa shape index (κ3) is 5.57. The summed E-state index contributed by atoms with van der Waals surface area (Å²) in [4.78, 5) is 28.4. The smallest absolute Gasteiger partial charge is 0.250 e. The first kappa shape index (κ1) is 23.6. The highest BCUT2D eigenvalue weighted by Gasteiger charge is 2.40. The molecular weight excluding hydrogens is 434 g/mol. The van der Waals surface area contributed by atoms with Crippen LogP contribution in [0.4, 0.5) is 0 Å². The molecular formula is C30H35N3O2. The van der Waals surface area contributed by atoms with E-state index >= 15 is 0 Å². The molecule has 3 aromatic rings. The lowest BCUT2D eigenvalue weighted by atomic mass is 9.80. The third-order valence-corrected chi connectivity index (χ3v) is 7.43. The first-order valence-corrected chi connectivity index (χ1v) is 12.8. The normalized spacial score (nSPS) is 19.9. The number of nitrogens with one attached hydrogen (secondary N) is 1. The van der Waals surface area contributed by atoms with Crippen molar-refractivity contribution in [3.63, 3.8) is 0 Å². The van der Waals surface area contributed by atoms with Crippen LogP contribution in [0.15, 0.2) is 71.7 Å². The lowest BCUT2D eigenvalue weighted by Crippen LogP contribution is -2.47. The van der Waals surface area contributed by atoms with Gasteiger partial charge in [0.25, 0.3) is 5.56 Å². The monoisotopic (exact) mass is 469 g/mol. The Kier molecular flexibility index (Phi) is 6.87. The molecule has 1 aliphatic carbocycles. The van der Waals surface area contributed by atoms with Gasteiger partial charge in [0, 0.05) is 38.4 Å². The van der Waals surface area contributed by atoms with Crippen LogP contribution in [-0.4, -0.2) is 34.5 Å². The predicted octanol–water partition coefficient (Wildman–Crippen LogP) is 4.17. The topological polar surface area (TPSA) is 54.3 Å². The summed E-state index contributed by atoms with van der Waals surface area (Å²) in [6, 6.07) is 21.3. The van der Waals surface area contributed by atoms with Crippen LogP contribution in [0, 0.1) is 12.8 Å². The lowest BCUT2D eigenvalue weighted by Gasteiger charge is -2.36. The van der Waals surface area contributed by atoms with Gasteiger partial charge in [-0.15, -0.1) is 0 Å². The van der Waals surface area contributed by atoms with Crippen molar-refractivity contribution in [2.24, 2.45) is 13.0 Å². The minimum Gasteiger partial charge on any atom is -0.335 e. The number of carbonyl (C=O) groups is 1. The molecule has 1 saturated heterocycles. The maximum Gasteiger partial charge on any atom is 0.250 e. The Morgan fingerprint density at radius 1 is 1.00 bits per heavy atom. The Labute approximate surface area is 207 Å². The quantitative estimate of drug-likeness (QED) is 0.565. The number of aromatic nitrogens is 1. The molecule has 1 amide bonds. The van der Waals surface area contributed by atoms with Crippen molar-refractivity contribution >= 4 is 5.91 Å². The summed E-state index contributed by atoms with van der Waals surface area (Å²) in [6.07, 6.45) is 5.73. The van der Waals surface area contributed by atoms with Crippen LogP contribution in [0.25, 0.3) is 0 Å². The van der Waals surface area contributed by atoms with Gasteiger partial charge in [0.05, 0.1) is 5.92 Å². The van der Waals surface area contributed by atoms with E-state index in [2.05, 4.69) is 59.6 Å². The highest BCUT2D eigenvalue weighted by Crippen LogP contribution is 2.36. The molecule has 1 N–H and O–H groups in total. The Hall–Kier alpha value is -3.18. The minimum atomic E-state index is -0.148. The summed E-state index contributed by atoms with van der Waals surface area (Å²) in [5.41, 5.74) is 5.98. The molecule has 0 spiro atoms. The Bertz CT molecular complexity index is 1250. The lowest BCUT2D eigenvalue weighted by molar-refractivity contribution is -0.138. The standard InChI is InChI=1S/C30H35N3O2/c1-21-14-23(16-22-6-4-3-5-7-22)17-24(15-21)20-33(26-8-9-26)30(35)28-19-31-12-10-27(28)25-11-13-32(2)29(34)18-25/h3-7,11,13-15,17-18,26-28,31H,8-10,12,16,19-20H2,1-2H3/t27?,28-/m0/s1. The summed E-state index contributed by atoms with van der Waals surface area (Å²) in [5.74, 6) is 0.145. The second kappa shape index (κ2) is 10.2. The predicted molar refractivity (Wildman–Crippen MR) is 139 cm³/mol. The van der Waals surface area contributed by atoms with Gasteiger partial charge >= 0.3 is 0 Å². The maximum absolute atomic E-state index is 14.0. The number of rotatable bonds is 7. The molecule has 0 bridgehead atoms. The van der Waals surface area contributed by atoms with E-state index in [-0.39, 0.29) is 23.3 Å².